The molecule has 2 aromatic carbocycles. The van der Waals surface area contributed by atoms with Crippen LogP contribution in [-0.4, -0.2) is 43.6 Å². The lowest BCUT2D eigenvalue weighted by Crippen LogP contribution is -2.40. The highest BCUT2D eigenvalue weighted by Gasteiger charge is 2.26. The molecule has 3 rings (SSSR count). The van der Waals surface area contributed by atoms with E-state index >= 15 is 0 Å². The van der Waals surface area contributed by atoms with Gasteiger partial charge in [0.05, 0.1) is 32.2 Å². The van der Waals surface area contributed by atoms with Gasteiger partial charge < -0.3 is 19.1 Å². The molecular formula is C21H23NO5. The molecule has 142 valence electrons. The van der Waals surface area contributed by atoms with Crippen molar-refractivity contribution in [1.29, 1.82) is 0 Å². The summed E-state index contributed by atoms with van der Waals surface area (Å²) in [4.78, 5) is 26.4. The minimum Gasteiger partial charge on any atom is -0.497 e. The summed E-state index contributed by atoms with van der Waals surface area (Å²) in [7, 11) is 2.96. The zero-order valence-electron chi connectivity index (χ0n) is 15.7. The second-order valence-electron chi connectivity index (χ2n) is 6.52. The van der Waals surface area contributed by atoms with E-state index in [1.807, 2.05) is 42.2 Å². The van der Waals surface area contributed by atoms with Gasteiger partial charge in [-0.05, 0) is 36.8 Å². The topological polar surface area (TPSA) is 65.1 Å². The molecule has 0 fully saturated rings. The average molecular weight is 369 g/mol. The van der Waals surface area contributed by atoms with Crippen molar-refractivity contribution in [3.63, 3.8) is 0 Å². The van der Waals surface area contributed by atoms with E-state index in [1.165, 1.54) is 7.11 Å². The summed E-state index contributed by atoms with van der Waals surface area (Å²) >= 11 is 0. The van der Waals surface area contributed by atoms with Crippen LogP contribution in [0.5, 0.6) is 11.5 Å². The van der Waals surface area contributed by atoms with Gasteiger partial charge in [-0.15, -0.1) is 0 Å². The van der Waals surface area contributed by atoms with Gasteiger partial charge in [0.1, 0.15) is 18.1 Å². The van der Waals surface area contributed by atoms with Gasteiger partial charge in [0.15, 0.2) is 0 Å². The maximum absolute atomic E-state index is 12.9. The minimum absolute atomic E-state index is 0.0289. The number of esters is 1. The van der Waals surface area contributed by atoms with Crippen molar-refractivity contribution >= 4 is 11.9 Å². The number of methoxy groups -OCH3 is 2. The van der Waals surface area contributed by atoms with Crippen molar-refractivity contribution < 1.29 is 23.8 Å². The normalized spacial score (nSPS) is 16.0. The quantitative estimate of drug-likeness (QED) is 0.776. The molecule has 1 aliphatic rings. The molecule has 27 heavy (non-hydrogen) atoms. The first-order valence-electron chi connectivity index (χ1n) is 8.78. The van der Waals surface area contributed by atoms with Gasteiger partial charge in [-0.2, -0.15) is 0 Å². The van der Waals surface area contributed by atoms with Gasteiger partial charge in [0.25, 0.3) is 0 Å². The summed E-state index contributed by atoms with van der Waals surface area (Å²) in [5.74, 6) is 0.995. The Morgan fingerprint density at radius 2 is 1.89 bits per heavy atom. The molecule has 0 bridgehead atoms. The van der Waals surface area contributed by atoms with Crippen LogP contribution in [0.1, 0.15) is 28.4 Å². The van der Waals surface area contributed by atoms with E-state index in [0.29, 0.717) is 30.9 Å². The number of fused-ring (bicyclic) bond motifs is 1. The van der Waals surface area contributed by atoms with Crippen LogP contribution in [0.15, 0.2) is 42.5 Å². The van der Waals surface area contributed by atoms with E-state index < -0.39 is 5.97 Å². The molecule has 0 aromatic heterocycles. The van der Waals surface area contributed by atoms with E-state index in [1.54, 1.807) is 19.2 Å². The number of carbonyl (C=O) groups excluding carboxylic acids is 2. The van der Waals surface area contributed by atoms with Crippen molar-refractivity contribution in [2.24, 2.45) is 0 Å². The summed E-state index contributed by atoms with van der Waals surface area (Å²) in [5, 5.41) is 0. The van der Waals surface area contributed by atoms with Gasteiger partial charge >= 0.3 is 5.97 Å². The fourth-order valence-corrected chi connectivity index (χ4v) is 3.06. The number of hydrogen-bond acceptors (Lipinski definition) is 5. The summed E-state index contributed by atoms with van der Waals surface area (Å²) < 4.78 is 15.7. The summed E-state index contributed by atoms with van der Waals surface area (Å²) in [6, 6.07) is 12.6. The van der Waals surface area contributed by atoms with Crippen LogP contribution < -0.4 is 9.47 Å². The van der Waals surface area contributed by atoms with E-state index in [-0.39, 0.29) is 11.9 Å². The third-order valence-electron chi connectivity index (χ3n) is 4.68. The molecule has 2 aromatic rings. The highest BCUT2D eigenvalue weighted by molar-refractivity contribution is 5.90. The number of benzene rings is 2. The van der Waals surface area contributed by atoms with E-state index in [4.69, 9.17) is 14.2 Å². The van der Waals surface area contributed by atoms with Crippen LogP contribution in [0, 0.1) is 0 Å². The zero-order chi connectivity index (χ0) is 19.4. The Morgan fingerprint density at radius 3 is 2.56 bits per heavy atom. The predicted molar refractivity (Wildman–Crippen MR) is 100.0 cm³/mol. The van der Waals surface area contributed by atoms with Gasteiger partial charge in [0.2, 0.25) is 5.91 Å². The number of hydrogen-bond donors (Lipinski definition) is 0. The van der Waals surface area contributed by atoms with Crippen molar-refractivity contribution in [1.82, 2.24) is 4.90 Å². The van der Waals surface area contributed by atoms with Crippen LogP contribution in [0.4, 0.5) is 0 Å². The van der Waals surface area contributed by atoms with E-state index in [2.05, 4.69) is 0 Å². The van der Waals surface area contributed by atoms with Crippen LogP contribution in [-0.2, 0) is 22.5 Å². The fraction of sp³-hybridized carbons (Fsp3) is 0.333. The third kappa shape index (κ3) is 4.22. The molecule has 0 aliphatic carbocycles. The summed E-state index contributed by atoms with van der Waals surface area (Å²) in [6.45, 7) is 2.76. The summed E-state index contributed by atoms with van der Waals surface area (Å²) in [5.41, 5.74) is 2.23. The molecule has 0 spiro atoms. The first-order valence-corrected chi connectivity index (χ1v) is 8.78. The Balaban J connectivity index is 1.77. The van der Waals surface area contributed by atoms with Crippen LogP contribution in [0.3, 0.4) is 0 Å². The number of carbonyl (C=O) groups is 2. The van der Waals surface area contributed by atoms with E-state index in [9.17, 15) is 9.59 Å². The van der Waals surface area contributed by atoms with Gasteiger partial charge in [-0.25, -0.2) is 4.79 Å². The van der Waals surface area contributed by atoms with E-state index in [0.717, 1.165) is 16.9 Å². The highest BCUT2D eigenvalue weighted by atomic mass is 16.5. The van der Waals surface area contributed by atoms with Crippen molar-refractivity contribution in [3.8, 4) is 11.5 Å². The standard InChI is InChI=1S/C21H23NO5/c1-14-13-27-19-11-16(21(24)26-3)6-7-17(19)12-22(14)20(23)10-15-4-8-18(25-2)9-5-15/h4-9,11,14H,10,12-13H2,1-3H3/t14-/m0/s1. The molecule has 1 aliphatic heterocycles. The minimum atomic E-state index is -0.411. The molecule has 0 unspecified atom stereocenters. The van der Waals surface area contributed by atoms with Crippen molar-refractivity contribution in [3.05, 3.63) is 59.2 Å². The molecule has 0 radical (unpaired) electrons. The average Bonchev–Trinajstić information content (AvgIpc) is 2.86. The largest absolute Gasteiger partial charge is 0.497 e. The Hall–Kier alpha value is -3.02. The van der Waals surface area contributed by atoms with Crippen LogP contribution in [0.25, 0.3) is 0 Å². The van der Waals surface area contributed by atoms with Crippen molar-refractivity contribution in [2.75, 3.05) is 20.8 Å². The first kappa shape index (κ1) is 18.8. The molecule has 0 N–H and O–H groups in total. The monoisotopic (exact) mass is 369 g/mol. The molecule has 1 atom stereocenters. The number of rotatable bonds is 4. The Bertz CT molecular complexity index is 831. The Kier molecular flexibility index (Phi) is 5.64. The van der Waals surface area contributed by atoms with Gasteiger partial charge in [0, 0.05) is 12.1 Å². The zero-order valence-corrected chi connectivity index (χ0v) is 15.7. The van der Waals surface area contributed by atoms with Crippen LogP contribution in [0.2, 0.25) is 0 Å². The van der Waals surface area contributed by atoms with Gasteiger partial charge in [-0.1, -0.05) is 18.2 Å². The smallest absolute Gasteiger partial charge is 0.337 e. The maximum atomic E-state index is 12.9. The first-order chi connectivity index (χ1) is 13.0. The number of ether oxygens (including phenoxy) is 3. The lowest BCUT2D eigenvalue weighted by molar-refractivity contribution is -0.133. The Labute approximate surface area is 158 Å². The number of nitrogens with zero attached hydrogens (tertiary/aromatic N) is 1. The SMILES string of the molecule is COC(=O)c1ccc2c(c1)OC[C@H](C)N(C(=O)Cc1ccc(OC)cc1)C2. The third-order valence-corrected chi connectivity index (χ3v) is 4.68. The second kappa shape index (κ2) is 8.12. The number of amides is 1. The summed E-state index contributed by atoms with van der Waals surface area (Å²) in [6.07, 6.45) is 0.309. The van der Waals surface area contributed by atoms with Gasteiger partial charge in [-0.3, -0.25) is 4.79 Å². The Morgan fingerprint density at radius 1 is 1.15 bits per heavy atom. The lowest BCUT2D eigenvalue weighted by Gasteiger charge is -2.26. The van der Waals surface area contributed by atoms with Crippen molar-refractivity contribution in [2.45, 2.75) is 25.9 Å². The molecule has 6 nitrogen and oxygen atoms in total. The molecule has 1 heterocycles. The lowest BCUT2D eigenvalue weighted by atomic mass is 10.1. The fourth-order valence-electron chi connectivity index (χ4n) is 3.06. The maximum Gasteiger partial charge on any atom is 0.337 e. The second-order valence-corrected chi connectivity index (χ2v) is 6.52. The molecular weight excluding hydrogens is 346 g/mol. The predicted octanol–water partition coefficient (Wildman–Crippen LogP) is 2.83. The van der Waals surface area contributed by atoms with Crippen LogP contribution >= 0.6 is 0 Å². The molecule has 6 heteroatoms. The molecule has 0 saturated carbocycles. The molecule has 1 amide bonds. The highest BCUT2D eigenvalue weighted by Crippen LogP contribution is 2.27. The molecule has 0 saturated heterocycles.